The number of benzene rings is 1. The van der Waals surface area contributed by atoms with Crippen molar-refractivity contribution in [2.75, 3.05) is 26.1 Å². The Labute approximate surface area is 153 Å². The number of hydrogen-bond donors (Lipinski definition) is 1. The van der Waals surface area contributed by atoms with Crippen LogP contribution in [0.2, 0.25) is 0 Å². The predicted molar refractivity (Wildman–Crippen MR) is 97.8 cm³/mol. The SMILES string of the molecule is COc1cc(NC(=O)N2CCCC2c2cc(C(C)C)no2)cc(OC)c1. The molecule has 1 aromatic heterocycles. The maximum atomic E-state index is 12.8. The van der Waals surface area contributed by atoms with Crippen LogP contribution < -0.4 is 14.8 Å². The van der Waals surface area contributed by atoms with Gasteiger partial charge in [-0.2, -0.15) is 0 Å². The number of urea groups is 1. The Balaban J connectivity index is 1.76. The standard InChI is InChI=1S/C19H25N3O4/c1-12(2)16-11-18(26-21-16)17-6-5-7-22(17)19(23)20-13-8-14(24-3)10-15(9-13)25-4/h8-12,17H,5-7H2,1-4H3,(H,20,23). The Hall–Kier alpha value is -2.70. The van der Waals surface area contributed by atoms with Crippen LogP contribution in [0.15, 0.2) is 28.8 Å². The van der Waals surface area contributed by atoms with Crippen LogP contribution in [0, 0.1) is 0 Å². The molecule has 1 saturated heterocycles. The number of hydrogen-bond acceptors (Lipinski definition) is 5. The molecule has 0 radical (unpaired) electrons. The molecule has 1 aliphatic rings. The van der Waals surface area contributed by atoms with E-state index in [2.05, 4.69) is 24.3 Å². The third-order valence-electron chi connectivity index (χ3n) is 4.58. The second kappa shape index (κ2) is 7.68. The van der Waals surface area contributed by atoms with Gasteiger partial charge in [-0.05, 0) is 18.8 Å². The second-order valence-corrected chi connectivity index (χ2v) is 6.69. The summed E-state index contributed by atoms with van der Waals surface area (Å²) in [4.78, 5) is 14.6. The molecule has 2 amide bonds. The number of aromatic nitrogens is 1. The van der Waals surface area contributed by atoms with E-state index in [9.17, 15) is 4.79 Å². The second-order valence-electron chi connectivity index (χ2n) is 6.69. The Morgan fingerprint density at radius 1 is 1.23 bits per heavy atom. The van der Waals surface area contributed by atoms with Gasteiger partial charge >= 0.3 is 6.03 Å². The van der Waals surface area contributed by atoms with Crippen LogP contribution in [0.25, 0.3) is 0 Å². The fourth-order valence-corrected chi connectivity index (χ4v) is 3.11. The Bertz CT molecular complexity index is 750. The number of likely N-dealkylation sites (tertiary alicyclic amines) is 1. The first-order valence-corrected chi connectivity index (χ1v) is 8.79. The molecule has 0 spiro atoms. The molecule has 7 nitrogen and oxygen atoms in total. The number of carbonyl (C=O) groups is 1. The van der Waals surface area contributed by atoms with Gasteiger partial charge in [0.2, 0.25) is 0 Å². The Morgan fingerprint density at radius 3 is 2.50 bits per heavy atom. The maximum Gasteiger partial charge on any atom is 0.322 e. The number of amides is 2. The van der Waals surface area contributed by atoms with E-state index in [0.717, 1.165) is 24.3 Å². The van der Waals surface area contributed by atoms with Crippen LogP contribution in [-0.2, 0) is 0 Å². The summed E-state index contributed by atoms with van der Waals surface area (Å²) in [5, 5.41) is 7.04. The molecular formula is C19H25N3O4. The maximum absolute atomic E-state index is 12.8. The van der Waals surface area contributed by atoms with Crippen molar-refractivity contribution in [2.24, 2.45) is 0 Å². The number of methoxy groups -OCH3 is 2. The van der Waals surface area contributed by atoms with E-state index in [-0.39, 0.29) is 12.1 Å². The molecule has 140 valence electrons. The fraction of sp³-hybridized carbons (Fsp3) is 0.474. The van der Waals surface area contributed by atoms with Crippen LogP contribution in [0.1, 0.15) is 50.1 Å². The summed E-state index contributed by atoms with van der Waals surface area (Å²) < 4.78 is 16.0. The molecule has 26 heavy (non-hydrogen) atoms. The molecule has 0 aliphatic carbocycles. The summed E-state index contributed by atoms with van der Waals surface area (Å²) >= 11 is 0. The molecule has 3 rings (SSSR count). The van der Waals surface area contributed by atoms with Crippen LogP contribution in [0.5, 0.6) is 11.5 Å². The van der Waals surface area contributed by atoms with Gasteiger partial charge in [0, 0.05) is 36.5 Å². The molecule has 2 heterocycles. The molecule has 0 bridgehead atoms. The minimum absolute atomic E-state index is 0.0949. The molecule has 0 saturated carbocycles. The van der Waals surface area contributed by atoms with Crippen molar-refractivity contribution in [3.63, 3.8) is 0 Å². The summed E-state index contributed by atoms with van der Waals surface area (Å²) in [5.41, 5.74) is 1.53. The topological polar surface area (TPSA) is 76.8 Å². The lowest BCUT2D eigenvalue weighted by Gasteiger charge is -2.23. The summed E-state index contributed by atoms with van der Waals surface area (Å²) in [5.74, 6) is 2.27. The Kier molecular flexibility index (Phi) is 5.35. The van der Waals surface area contributed by atoms with Crippen LogP contribution in [0.4, 0.5) is 10.5 Å². The summed E-state index contributed by atoms with van der Waals surface area (Å²) in [6.45, 7) is 4.81. The quantitative estimate of drug-likeness (QED) is 0.866. The summed E-state index contributed by atoms with van der Waals surface area (Å²) in [6, 6.07) is 6.96. The molecule has 1 fully saturated rings. The van der Waals surface area contributed by atoms with Crippen LogP contribution in [-0.4, -0.2) is 36.9 Å². The third-order valence-corrected chi connectivity index (χ3v) is 4.58. The molecule has 1 atom stereocenters. The largest absolute Gasteiger partial charge is 0.497 e. The number of nitrogens with one attached hydrogen (secondary N) is 1. The predicted octanol–water partition coefficient (Wildman–Crippen LogP) is 4.18. The highest BCUT2D eigenvalue weighted by atomic mass is 16.5. The van der Waals surface area contributed by atoms with E-state index in [4.69, 9.17) is 14.0 Å². The Morgan fingerprint density at radius 2 is 1.92 bits per heavy atom. The zero-order valence-corrected chi connectivity index (χ0v) is 15.6. The lowest BCUT2D eigenvalue weighted by Crippen LogP contribution is -2.34. The van der Waals surface area contributed by atoms with Crippen molar-refractivity contribution in [1.82, 2.24) is 10.1 Å². The van der Waals surface area contributed by atoms with Gasteiger partial charge in [0.25, 0.3) is 0 Å². The van der Waals surface area contributed by atoms with Gasteiger partial charge in [-0.15, -0.1) is 0 Å². The summed E-state index contributed by atoms with van der Waals surface area (Å²) in [6.07, 6.45) is 1.79. The van der Waals surface area contributed by atoms with E-state index in [1.165, 1.54) is 0 Å². The lowest BCUT2D eigenvalue weighted by molar-refractivity contribution is 0.195. The van der Waals surface area contributed by atoms with Crippen molar-refractivity contribution in [1.29, 1.82) is 0 Å². The van der Waals surface area contributed by atoms with Crippen molar-refractivity contribution in [3.8, 4) is 11.5 Å². The monoisotopic (exact) mass is 359 g/mol. The van der Waals surface area contributed by atoms with Gasteiger partial charge in [-0.25, -0.2) is 4.79 Å². The number of ether oxygens (including phenoxy) is 2. The number of rotatable bonds is 5. The van der Waals surface area contributed by atoms with Gasteiger partial charge in [-0.3, -0.25) is 0 Å². The highest BCUT2D eigenvalue weighted by molar-refractivity contribution is 5.90. The van der Waals surface area contributed by atoms with Crippen molar-refractivity contribution in [3.05, 3.63) is 35.7 Å². The first-order chi connectivity index (χ1) is 12.5. The molecule has 1 unspecified atom stereocenters. The highest BCUT2D eigenvalue weighted by Gasteiger charge is 2.33. The van der Waals surface area contributed by atoms with Crippen LogP contribution >= 0.6 is 0 Å². The molecule has 1 aromatic carbocycles. The first kappa shape index (κ1) is 18.1. The normalized spacial score (nSPS) is 16.8. The minimum atomic E-state index is -0.176. The summed E-state index contributed by atoms with van der Waals surface area (Å²) in [7, 11) is 3.15. The average Bonchev–Trinajstić information content (AvgIpc) is 3.30. The minimum Gasteiger partial charge on any atom is -0.497 e. The van der Waals surface area contributed by atoms with E-state index >= 15 is 0 Å². The molecule has 1 aliphatic heterocycles. The molecule has 7 heteroatoms. The highest BCUT2D eigenvalue weighted by Crippen LogP contribution is 2.34. The smallest absolute Gasteiger partial charge is 0.322 e. The van der Waals surface area contributed by atoms with E-state index in [1.807, 2.05) is 6.07 Å². The number of anilines is 1. The van der Waals surface area contributed by atoms with Gasteiger partial charge in [-0.1, -0.05) is 19.0 Å². The van der Waals surface area contributed by atoms with E-state index in [0.29, 0.717) is 29.6 Å². The van der Waals surface area contributed by atoms with E-state index in [1.54, 1.807) is 37.3 Å². The van der Waals surface area contributed by atoms with Crippen molar-refractivity contribution >= 4 is 11.7 Å². The fourth-order valence-electron chi connectivity index (χ4n) is 3.11. The molecular weight excluding hydrogens is 334 g/mol. The van der Waals surface area contributed by atoms with Crippen molar-refractivity contribution in [2.45, 2.75) is 38.6 Å². The van der Waals surface area contributed by atoms with Crippen molar-refractivity contribution < 1.29 is 18.8 Å². The zero-order chi connectivity index (χ0) is 18.7. The first-order valence-electron chi connectivity index (χ1n) is 8.79. The molecule has 1 N–H and O–H groups in total. The zero-order valence-electron chi connectivity index (χ0n) is 15.6. The van der Waals surface area contributed by atoms with Gasteiger partial charge in [0.1, 0.15) is 11.5 Å². The average molecular weight is 359 g/mol. The number of nitrogens with zero attached hydrogens (tertiary/aromatic N) is 2. The lowest BCUT2D eigenvalue weighted by atomic mass is 10.1. The third kappa shape index (κ3) is 3.76. The van der Waals surface area contributed by atoms with Gasteiger partial charge in [0.15, 0.2) is 5.76 Å². The molecule has 2 aromatic rings. The van der Waals surface area contributed by atoms with E-state index < -0.39 is 0 Å². The number of carbonyl (C=O) groups excluding carboxylic acids is 1. The van der Waals surface area contributed by atoms with Gasteiger partial charge < -0.3 is 24.2 Å². The van der Waals surface area contributed by atoms with Crippen LogP contribution in [0.3, 0.4) is 0 Å². The van der Waals surface area contributed by atoms with Gasteiger partial charge in [0.05, 0.1) is 26.0 Å².